The second kappa shape index (κ2) is 3.94. The maximum Gasteiger partial charge on any atom is 0.255 e. The number of carbonyl (C=O) groups excluding carboxylic acids is 1. The Kier molecular flexibility index (Phi) is 2.64. The van der Waals surface area contributed by atoms with E-state index in [0.717, 1.165) is 6.20 Å². The summed E-state index contributed by atoms with van der Waals surface area (Å²) in [5, 5.41) is 0. The Balaban J connectivity index is 2.03. The Bertz CT molecular complexity index is 377. The van der Waals surface area contributed by atoms with Gasteiger partial charge in [-0.2, -0.15) is 0 Å². The van der Waals surface area contributed by atoms with Crippen LogP contribution in [-0.4, -0.2) is 35.4 Å². The molecule has 0 unspecified atom stereocenters. The lowest BCUT2D eigenvalue weighted by molar-refractivity contribution is 0.0514. The summed E-state index contributed by atoms with van der Waals surface area (Å²) >= 11 is 0. The second-order valence-electron chi connectivity index (χ2n) is 3.70. The van der Waals surface area contributed by atoms with Gasteiger partial charge in [0, 0.05) is 25.2 Å². The molecule has 1 aliphatic heterocycles. The maximum atomic E-state index is 12.8. The molecule has 1 saturated heterocycles. The van der Waals surface area contributed by atoms with Crippen molar-refractivity contribution in [2.45, 2.75) is 0 Å². The molecule has 80 valence electrons. The monoisotopic (exact) mass is 209 g/mol. The standard InChI is InChI=1S/C10H12FN3O/c11-9-1-8(3-13-4-9)10(15)14-5-7(2-12)6-14/h1,3-4,7H,2,5-6,12H2. The molecule has 1 aromatic rings. The lowest BCUT2D eigenvalue weighted by Gasteiger charge is -2.38. The first-order valence-electron chi connectivity index (χ1n) is 4.80. The fourth-order valence-electron chi connectivity index (χ4n) is 1.60. The number of nitrogens with zero attached hydrogens (tertiary/aromatic N) is 2. The van der Waals surface area contributed by atoms with E-state index < -0.39 is 5.82 Å². The molecule has 15 heavy (non-hydrogen) atoms. The van der Waals surface area contributed by atoms with Gasteiger partial charge in [0.2, 0.25) is 0 Å². The number of amides is 1. The normalized spacial score (nSPS) is 16.3. The van der Waals surface area contributed by atoms with E-state index in [1.807, 2.05) is 0 Å². The van der Waals surface area contributed by atoms with Crippen molar-refractivity contribution in [3.05, 3.63) is 29.8 Å². The van der Waals surface area contributed by atoms with Crippen LogP contribution in [0.25, 0.3) is 0 Å². The first-order valence-corrected chi connectivity index (χ1v) is 4.80. The first-order chi connectivity index (χ1) is 7.20. The Hall–Kier alpha value is -1.49. The van der Waals surface area contributed by atoms with E-state index in [2.05, 4.69) is 4.98 Å². The van der Waals surface area contributed by atoms with Gasteiger partial charge in [0.1, 0.15) is 5.82 Å². The van der Waals surface area contributed by atoms with Gasteiger partial charge in [-0.25, -0.2) is 4.39 Å². The molecule has 0 saturated carbocycles. The van der Waals surface area contributed by atoms with Crippen molar-refractivity contribution in [2.75, 3.05) is 19.6 Å². The highest BCUT2D eigenvalue weighted by atomic mass is 19.1. The molecule has 0 bridgehead atoms. The highest BCUT2D eigenvalue weighted by Gasteiger charge is 2.30. The molecule has 5 heteroatoms. The van der Waals surface area contributed by atoms with E-state index in [1.54, 1.807) is 4.90 Å². The number of halogens is 1. The third kappa shape index (κ3) is 1.97. The smallest absolute Gasteiger partial charge is 0.255 e. The zero-order chi connectivity index (χ0) is 10.8. The van der Waals surface area contributed by atoms with Crippen molar-refractivity contribution in [1.82, 2.24) is 9.88 Å². The SMILES string of the molecule is NCC1CN(C(=O)c2cncc(F)c2)C1. The second-order valence-corrected chi connectivity index (χ2v) is 3.70. The molecule has 0 aromatic carbocycles. The van der Waals surface area contributed by atoms with Crippen LogP contribution < -0.4 is 5.73 Å². The minimum Gasteiger partial charge on any atom is -0.338 e. The largest absolute Gasteiger partial charge is 0.338 e. The predicted octanol–water partition coefficient (Wildman–Crippen LogP) is 0.251. The van der Waals surface area contributed by atoms with Crippen molar-refractivity contribution in [1.29, 1.82) is 0 Å². The lowest BCUT2D eigenvalue weighted by Crippen LogP contribution is -2.52. The Morgan fingerprint density at radius 1 is 1.60 bits per heavy atom. The van der Waals surface area contributed by atoms with Crippen LogP contribution in [0.4, 0.5) is 4.39 Å². The third-order valence-electron chi connectivity index (χ3n) is 2.53. The Morgan fingerprint density at radius 2 is 2.33 bits per heavy atom. The number of nitrogens with two attached hydrogens (primary N) is 1. The molecular weight excluding hydrogens is 197 g/mol. The number of carbonyl (C=O) groups is 1. The summed E-state index contributed by atoms with van der Waals surface area (Å²) in [5.41, 5.74) is 5.75. The van der Waals surface area contributed by atoms with Crippen LogP contribution in [0, 0.1) is 11.7 Å². The van der Waals surface area contributed by atoms with Crippen LogP contribution in [0.1, 0.15) is 10.4 Å². The van der Waals surface area contributed by atoms with Crippen molar-refractivity contribution in [2.24, 2.45) is 11.7 Å². The van der Waals surface area contributed by atoms with Crippen LogP contribution in [0.15, 0.2) is 18.5 Å². The molecule has 1 aliphatic rings. The number of rotatable bonds is 2. The number of hydrogen-bond donors (Lipinski definition) is 1. The van der Waals surface area contributed by atoms with Crippen LogP contribution >= 0.6 is 0 Å². The third-order valence-corrected chi connectivity index (χ3v) is 2.53. The summed E-state index contributed by atoms with van der Waals surface area (Å²) in [6.45, 7) is 1.91. The van der Waals surface area contributed by atoms with Crippen LogP contribution in [0.2, 0.25) is 0 Å². The van der Waals surface area contributed by atoms with E-state index in [9.17, 15) is 9.18 Å². The fourth-order valence-corrected chi connectivity index (χ4v) is 1.60. The first kappa shape index (κ1) is 10.0. The van der Waals surface area contributed by atoms with Crippen molar-refractivity contribution >= 4 is 5.91 Å². The summed E-state index contributed by atoms with van der Waals surface area (Å²) in [6, 6.07) is 1.20. The van der Waals surface area contributed by atoms with E-state index in [0.29, 0.717) is 31.1 Å². The molecule has 1 fully saturated rings. The molecular formula is C10H12FN3O. The lowest BCUT2D eigenvalue weighted by atomic mass is 9.99. The zero-order valence-corrected chi connectivity index (χ0v) is 8.19. The minimum absolute atomic E-state index is 0.174. The molecule has 0 atom stereocenters. The average molecular weight is 209 g/mol. The van der Waals surface area contributed by atoms with Gasteiger partial charge in [-0.3, -0.25) is 9.78 Å². The van der Waals surface area contributed by atoms with Crippen molar-refractivity contribution in [3.63, 3.8) is 0 Å². The summed E-state index contributed by atoms with van der Waals surface area (Å²) in [4.78, 5) is 17.0. The van der Waals surface area contributed by atoms with Gasteiger partial charge in [-0.1, -0.05) is 0 Å². The average Bonchev–Trinajstić information content (AvgIpc) is 2.16. The van der Waals surface area contributed by atoms with Gasteiger partial charge in [0.25, 0.3) is 5.91 Å². The Morgan fingerprint density at radius 3 is 2.93 bits per heavy atom. The molecule has 2 heterocycles. The van der Waals surface area contributed by atoms with Gasteiger partial charge in [-0.15, -0.1) is 0 Å². The van der Waals surface area contributed by atoms with Crippen molar-refractivity contribution < 1.29 is 9.18 Å². The number of aromatic nitrogens is 1. The minimum atomic E-state index is -0.489. The highest BCUT2D eigenvalue weighted by Crippen LogP contribution is 2.17. The quantitative estimate of drug-likeness (QED) is 0.759. The molecule has 0 aliphatic carbocycles. The summed E-state index contributed by atoms with van der Waals surface area (Å²) in [5.74, 6) is -0.279. The topological polar surface area (TPSA) is 59.2 Å². The molecule has 2 N–H and O–H groups in total. The number of hydrogen-bond acceptors (Lipinski definition) is 3. The van der Waals surface area contributed by atoms with E-state index >= 15 is 0 Å². The van der Waals surface area contributed by atoms with Gasteiger partial charge >= 0.3 is 0 Å². The van der Waals surface area contributed by atoms with Gasteiger partial charge < -0.3 is 10.6 Å². The molecule has 1 aromatic heterocycles. The van der Waals surface area contributed by atoms with E-state index in [4.69, 9.17) is 5.73 Å². The molecule has 2 rings (SSSR count). The van der Waals surface area contributed by atoms with Gasteiger partial charge in [0.05, 0.1) is 11.8 Å². The summed E-state index contributed by atoms with van der Waals surface area (Å²) in [6.07, 6.45) is 2.46. The number of likely N-dealkylation sites (tertiary alicyclic amines) is 1. The maximum absolute atomic E-state index is 12.8. The molecule has 1 amide bonds. The van der Waals surface area contributed by atoms with Crippen LogP contribution in [0.5, 0.6) is 0 Å². The van der Waals surface area contributed by atoms with Crippen molar-refractivity contribution in [3.8, 4) is 0 Å². The van der Waals surface area contributed by atoms with E-state index in [1.165, 1.54) is 12.3 Å². The fraction of sp³-hybridized carbons (Fsp3) is 0.400. The van der Waals surface area contributed by atoms with Gasteiger partial charge in [-0.05, 0) is 12.6 Å². The molecule has 0 spiro atoms. The molecule has 4 nitrogen and oxygen atoms in total. The van der Waals surface area contributed by atoms with Crippen LogP contribution in [0.3, 0.4) is 0 Å². The van der Waals surface area contributed by atoms with Crippen LogP contribution in [-0.2, 0) is 0 Å². The number of pyridine rings is 1. The summed E-state index contributed by atoms with van der Waals surface area (Å²) < 4.78 is 12.8. The summed E-state index contributed by atoms with van der Waals surface area (Å²) in [7, 11) is 0. The van der Waals surface area contributed by atoms with Gasteiger partial charge in [0.15, 0.2) is 0 Å². The predicted molar refractivity (Wildman–Crippen MR) is 52.6 cm³/mol. The zero-order valence-electron chi connectivity index (χ0n) is 8.19. The molecule has 0 radical (unpaired) electrons. The highest BCUT2D eigenvalue weighted by molar-refractivity contribution is 5.94. The van der Waals surface area contributed by atoms with E-state index in [-0.39, 0.29) is 5.91 Å². The Labute approximate surface area is 86.9 Å².